The van der Waals surface area contributed by atoms with Crippen LogP contribution in [0.1, 0.15) is 18.4 Å². The van der Waals surface area contributed by atoms with Crippen LogP contribution in [0.15, 0.2) is 30.5 Å². The van der Waals surface area contributed by atoms with Gasteiger partial charge < -0.3 is 14.6 Å². The zero-order valence-electron chi connectivity index (χ0n) is 12.9. The van der Waals surface area contributed by atoms with Gasteiger partial charge in [0.05, 0.1) is 17.8 Å². The highest BCUT2D eigenvalue weighted by atomic mass is 32.2. The topological polar surface area (TPSA) is 118 Å². The van der Waals surface area contributed by atoms with Gasteiger partial charge in [-0.25, -0.2) is 9.29 Å². The predicted octanol–water partition coefficient (Wildman–Crippen LogP) is 2.00. The Hall–Kier alpha value is -2.32. The summed E-state index contributed by atoms with van der Waals surface area (Å²) in [5.74, 6) is 0.144. The lowest BCUT2D eigenvalue weighted by Gasteiger charge is -2.24. The molecule has 10 heteroatoms. The minimum atomic E-state index is -2.42. The highest BCUT2D eigenvalue weighted by Crippen LogP contribution is 2.31. The van der Waals surface area contributed by atoms with E-state index in [9.17, 15) is 13.6 Å². The van der Waals surface area contributed by atoms with Crippen LogP contribution >= 0.6 is 11.3 Å². The summed E-state index contributed by atoms with van der Waals surface area (Å²) in [5.41, 5.74) is 0.529. The SMILES string of the molecule is N#Cc1ccc(Oc2cnc(NC(=O)[C@H]3CCCN3S(=O)[O-])s2)cc1. The molecule has 2 heterocycles. The van der Waals surface area contributed by atoms with E-state index >= 15 is 0 Å². The fourth-order valence-corrected chi connectivity index (χ4v) is 3.83. The molecule has 8 nitrogen and oxygen atoms in total. The van der Waals surface area contributed by atoms with Gasteiger partial charge in [-0.2, -0.15) is 5.26 Å². The van der Waals surface area contributed by atoms with E-state index < -0.39 is 23.2 Å². The summed E-state index contributed by atoms with van der Waals surface area (Å²) in [7, 11) is 0. The third-order valence-electron chi connectivity index (χ3n) is 3.61. The lowest BCUT2D eigenvalue weighted by molar-refractivity contribution is -0.119. The van der Waals surface area contributed by atoms with Crippen molar-refractivity contribution in [3.63, 3.8) is 0 Å². The number of hydrogen-bond acceptors (Lipinski definition) is 7. The van der Waals surface area contributed by atoms with E-state index in [2.05, 4.69) is 10.3 Å². The van der Waals surface area contributed by atoms with Crippen LogP contribution in [0.4, 0.5) is 5.13 Å². The number of rotatable bonds is 5. The zero-order valence-corrected chi connectivity index (χ0v) is 14.5. The molecule has 25 heavy (non-hydrogen) atoms. The molecule has 0 bridgehead atoms. The number of hydrogen-bond donors (Lipinski definition) is 1. The lowest BCUT2D eigenvalue weighted by atomic mass is 10.2. The molecule has 130 valence electrons. The Bertz CT molecular complexity index is 831. The largest absolute Gasteiger partial charge is 0.760 e. The molecule has 0 spiro atoms. The van der Waals surface area contributed by atoms with Gasteiger partial charge in [0.2, 0.25) is 11.0 Å². The molecule has 0 aliphatic carbocycles. The second-order valence-electron chi connectivity index (χ2n) is 5.23. The summed E-state index contributed by atoms with van der Waals surface area (Å²) in [4.78, 5) is 16.3. The van der Waals surface area contributed by atoms with Crippen LogP contribution in [0.5, 0.6) is 10.8 Å². The molecule has 1 aliphatic rings. The number of nitriles is 1. The Morgan fingerprint density at radius 3 is 2.92 bits per heavy atom. The van der Waals surface area contributed by atoms with Crippen molar-refractivity contribution in [1.29, 1.82) is 5.26 Å². The summed E-state index contributed by atoms with van der Waals surface area (Å²) >= 11 is -1.28. The van der Waals surface area contributed by atoms with Crippen LogP contribution in [0.3, 0.4) is 0 Å². The second kappa shape index (κ2) is 7.71. The van der Waals surface area contributed by atoms with Gasteiger partial charge in [-0.15, -0.1) is 0 Å². The number of aromatic nitrogens is 1. The van der Waals surface area contributed by atoms with Gasteiger partial charge in [-0.05, 0) is 37.1 Å². The third-order valence-corrected chi connectivity index (χ3v) is 5.23. The smallest absolute Gasteiger partial charge is 0.244 e. The molecule has 1 unspecified atom stereocenters. The average molecular weight is 377 g/mol. The number of thiazole rings is 1. The maximum absolute atomic E-state index is 12.2. The highest BCUT2D eigenvalue weighted by Gasteiger charge is 2.31. The van der Waals surface area contributed by atoms with Crippen molar-refractivity contribution >= 4 is 33.6 Å². The molecule has 1 fully saturated rings. The third kappa shape index (κ3) is 4.21. The maximum atomic E-state index is 12.2. The van der Waals surface area contributed by atoms with E-state index in [1.54, 1.807) is 24.3 Å². The van der Waals surface area contributed by atoms with Crippen molar-refractivity contribution in [2.45, 2.75) is 18.9 Å². The Kier molecular flexibility index (Phi) is 5.40. The summed E-state index contributed by atoms with van der Waals surface area (Å²) in [6.07, 6.45) is 2.60. The molecule has 3 rings (SSSR count). The van der Waals surface area contributed by atoms with Crippen LogP contribution in [0.2, 0.25) is 0 Å². The van der Waals surface area contributed by atoms with Gasteiger partial charge in [0.1, 0.15) is 11.8 Å². The number of benzene rings is 1. The Labute approximate surface area is 150 Å². The van der Waals surface area contributed by atoms with E-state index in [0.717, 1.165) is 15.6 Å². The first kappa shape index (κ1) is 17.5. The average Bonchev–Trinajstić information content (AvgIpc) is 3.25. The molecular weight excluding hydrogens is 364 g/mol. The minimum absolute atomic E-state index is 0.331. The summed E-state index contributed by atoms with van der Waals surface area (Å²) in [6.45, 7) is 0.346. The molecule has 0 saturated carbocycles. The summed E-state index contributed by atoms with van der Waals surface area (Å²) in [5, 5.41) is 12.2. The first-order valence-corrected chi connectivity index (χ1v) is 9.22. The standard InChI is InChI=1S/C15H14N4O4S2/c16-8-10-3-5-11(6-4-10)23-13-9-17-15(24-13)18-14(20)12-2-1-7-19(12)25(21)22/h3-6,9,12H,1-2,7H2,(H,21,22)(H,17,18,20)/p-1/t12-/m1/s1. The first-order valence-electron chi connectivity index (χ1n) is 7.37. The van der Waals surface area contributed by atoms with E-state index in [0.29, 0.717) is 40.9 Å². The van der Waals surface area contributed by atoms with Crippen LogP contribution in [0.25, 0.3) is 0 Å². The fourth-order valence-electron chi connectivity index (χ4n) is 2.45. The Morgan fingerprint density at radius 1 is 1.48 bits per heavy atom. The number of carbonyl (C=O) groups excluding carboxylic acids is 1. The molecule has 2 aromatic rings. The van der Waals surface area contributed by atoms with Crippen LogP contribution in [0, 0.1) is 11.3 Å². The molecule has 1 amide bonds. The van der Waals surface area contributed by atoms with Gasteiger partial charge in [0.25, 0.3) is 0 Å². The minimum Gasteiger partial charge on any atom is -0.760 e. The summed E-state index contributed by atoms with van der Waals surface area (Å²) in [6, 6.07) is 7.92. The van der Waals surface area contributed by atoms with Crippen molar-refractivity contribution < 1.29 is 18.3 Å². The van der Waals surface area contributed by atoms with E-state index in [4.69, 9.17) is 10.00 Å². The van der Waals surface area contributed by atoms with E-state index in [1.807, 2.05) is 6.07 Å². The first-order chi connectivity index (χ1) is 12.1. The molecule has 1 aromatic carbocycles. The molecular formula is C15H13N4O4S2-. The summed E-state index contributed by atoms with van der Waals surface area (Å²) < 4.78 is 29.0. The number of anilines is 1. The van der Waals surface area contributed by atoms with Crippen molar-refractivity contribution in [3.8, 4) is 16.9 Å². The number of nitrogens with one attached hydrogen (secondary N) is 1. The van der Waals surface area contributed by atoms with Crippen molar-refractivity contribution in [2.75, 3.05) is 11.9 Å². The number of ether oxygens (including phenoxy) is 1. The molecule has 1 aliphatic heterocycles. The van der Waals surface area contributed by atoms with Crippen molar-refractivity contribution in [2.24, 2.45) is 0 Å². The number of amides is 1. The van der Waals surface area contributed by atoms with Gasteiger partial charge in [-0.3, -0.25) is 9.00 Å². The molecule has 1 aromatic heterocycles. The highest BCUT2D eigenvalue weighted by molar-refractivity contribution is 7.76. The number of carbonyl (C=O) groups is 1. The maximum Gasteiger partial charge on any atom is 0.244 e. The van der Waals surface area contributed by atoms with Crippen LogP contribution in [-0.2, 0) is 16.1 Å². The van der Waals surface area contributed by atoms with Gasteiger partial charge >= 0.3 is 0 Å². The monoisotopic (exact) mass is 377 g/mol. The fraction of sp³-hybridized carbons (Fsp3) is 0.267. The lowest BCUT2D eigenvalue weighted by Crippen LogP contribution is -2.40. The molecule has 2 atom stereocenters. The van der Waals surface area contributed by atoms with Gasteiger partial charge in [0.15, 0.2) is 5.13 Å². The van der Waals surface area contributed by atoms with E-state index in [-0.39, 0.29) is 0 Å². The zero-order chi connectivity index (χ0) is 17.8. The molecule has 0 radical (unpaired) electrons. The molecule has 1 saturated heterocycles. The van der Waals surface area contributed by atoms with Gasteiger partial charge in [0, 0.05) is 17.8 Å². The van der Waals surface area contributed by atoms with Crippen molar-refractivity contribution in [3.05, 3.63) is 36.0 Å². The van der Waals surface area contributed by atoms with Crippen molar-refractivity contribution in [1.82, 2.24) is 9.29 Å². The van der Waals surface area contributed by atoms with Crippen LogP contribution < -0.4 is 10.1 Å². The predicted molar refractivity (Wildman–Crippen MR) is 90.6 cm³/mol. The van der Waals surface area contributed by atoms with Crippen LogP contribution in [-0.4, -0.2) is 36.5 Å². The van der Waals surface area contributed by atoms with Gasteiger partial charge in [-0.1, -0.05) is 11.3 Å². The number of nitrogens with zero attached hydrogens (tertiary/aromatic N) is 3. The Morgan fingerprint density at radius 2 is 2.24 bits per heavy atom. The molecule has 1 N–H and O–H groups in total. The Balaban J connectivity index is 1.62. The van der Waals surface area contributed by atoms with E-state index in [1.165, 1.54) is 6.20 Å². The normalized spacial score (nSPS) is 18.5. The quantitative estimate of drug-likeness (QED) is 0.796. The second-order valence-corrected chi connectivity index (χ2v) is 7.12.